The third-order valence-corrected chi connectivity index (χ3v) is 9.02. The fourth-order valence-corrected chi connectivity index (χ4v) is 6.89. The number of nitriles is 1. The number of urea groups is 1. The maximum atomic E-state index is 14.1. The van der Waals surface area contributed by atoms with Gasteiger partial charge >= 0.3 is 6.03 Å². The van der Waals surface area contributed by atoms with Gasteiger partial charge in [-0.25, -0.2) is 14.1 Å². The van der Waals surface area contributed by atoms with Crippen LogP contribution in [0.5, 0.6) is 0 Å². The predicted octanol–water partition coefficient (Wildman–Crippen LogP) is 5.74. The average Bonchev–Trinajstić information content (AvgIpc) is 3.08. The third kappa shape index (κ3) is 5.32. The number of carbonyl (C=O) groups is 4. The second-order valence-corrected chi connectivity index (χ2v) is 11.7. The van der Waals surface area contributed by atoms with Gasteiger partial charge in [-0.2, -0.15) is 5.26 Å². The summed E-state index contributed by atoms with van der Waals surface area (Å²) >= 11 is 0. The minimum Gasteiger partial charge on any atom is -0.371 e. The summed E-state index contributed by atoms with van der Waals surface area (Å²) in [6.45, 7) is 1.69. The molecule has 0 radical (unpaired) electrons. The summed E-state index contributed by atoms with van der Waals surface area (Å²) in [4.78, 5) is 56.9. The molecule has 232 valence electrons. The van der Waals surface area contributed by atoms with Crippen LogP contribution in [0.25, 0.3) is 0 Å². The summed E-state index contributed by atoms with van der Waals surface area (Å²) in [5, 5.41) is 14.5. The number of amides is 5. The van der Waals surface area contributed by atoms with Gasteiger partial charge in [-0.3, -0.25) is 19.7 Å². The van der Waals surface area contributed by atoms with Crippen molar-refractivity contribution in [3.8, 4) is 6.07 Å². The zero-order valence-corrected chi connectivity index (χ0v) is 25.1. The van der Waals surface area contributed by atoms with E-state index in [4.69, 9.17) is 0 Å². The standard InChI is InChI=1S/C37H28FN5O4/c38-24-11-13-25(14-12-24)40-34(44)31(21-39)32-35(45)41-37(47)43(36(32)46)26-19-29-27(22-7-3-1-4-8-22)15-17-42-18-16-28(30(20-26)33(29)42)23-9-5-2-6-10-23/h1-14,19-20,27-28H,15-18H2,(H,40,44)(H,41,45,47)/b32-31+/t27-,28-/m0/s1. The van der Waals surface area contributed by atoms with Crippen molar-refractivity contribution in [2.75, 3.05) is 28.2 Å². The van der Waals surface area contributed by atoms with Crippen LogP contribution in [0, 0.1) is 17.1 Å². The molecule has 3 heterocycles. The molecule has 1 fully saturated rings. The SMILES string of the molecule is N#C/C(C(=O)Nc1ccc(F)cc1)=C1/C(=O)NC(=O)N(c2cc3c4c(c2)[C@H](c2ccccc2)CCN4CC[C@H]3c2ccccc2)C1=O. The fraction of sp³-hybridized carbons (Fsp3) is 0.162. The van der Waals surface area contributed by atoms with Crippen LogP contribution in [0.4, 0.5) is 26.2 Å². The number of hydrogen-bond acceptors (Lipinski definition) is 6. The van der Waals surface area contributed by atoms with Gasteiger partial charge in [0.05, 0.1) is 5.69 Å². The quantitative estimate of drug-likeness (QED) is 0.166. The van der Waals surface area contributed by atoms with Gasteiger partial charge in [0.2, 0.25) is 0 Å². The summed E-state index contributed by atoms with van der Waals surface area (Å²) in [5.74, 6) is -3.87. The van der Waals surface area contributed by atoms with Crippen molar-refractivity contribution >= 4 is 40.8 Å². The molecular weight excluding hydrogens is 597 g/mol. The molecule has 7 rings (SSSR count). The second kappa shape index (κ2) is 12.0. The molecule has 47 heavy (non-hydrogen) atoms. The van der Waals surface area contributed by atoms with Crippen LogP contribution in [0.2, 0.25) is 0 Å². The summed E-state index contributed by atoms with van der Waals surface area (Å²) in [6.07, 6.45) is 1.64. The van der Waals surface area contributed by atoms with Crippen LogP contribution in [0.1, 0.15) is 46.9 Å². The zero-order valence-electron chi connectivity index (χ0n) is 25.1. The van der Waals surface area contributed by atoms with Crippen LogP contribution >= 0.6 is 0 Å². The predicted molar refractivity (Wildman–Crippen MR) is 173 cm³/mol. The Hall–Kier alpha value is -6.08. The smallest absolute Gasteiger partial charge is 0.335 e. The molecule has 3 aliphatic heterocycles. The van der Waals surface area contributed by atoms with E-state index in [-0.39, 0.29) is 23.2 Å². The molecule has 2 N–H and O–H groups in total. The number of imide groups is 2. The summed E-state index contributed by atoms with van der Waals surface area (Å²) < 4.78 is 13.4. The lowest BCUT2D eigenvalue weighted by atomic mass is 9.76. The van der Waals surface area contributed by atoms with Gasteiger partial charge < -0.3 is 10.2 Å². The normalized spacial score (nSPS) is 19.8. The number of nitrogens with zero attached hydrogens (tertiary/aromatic N) is 3. The molecule has 0 aliphatic carbocycles. The lowest BCUT2D eigenvalue weighted by Gasteiger charge is -2.44. The summed E-state index contributed by atoms with van der Waals surface area (Å²) in [5.41, 5.74) is 4.02. The van der Waals surface area contributed by atoms with Crippen LogP contribution in [0.15, 0.2) is 108 Å². The zero-order chi connectivity index (χ0) is 32.7. The molecule has 1 saturated heterocycles. The maximum absolute atomic E-state index is 14.1. The summed E-state index contributed by atoms with van der Waals surface area (Å²) in [6, 6.07) is 29.2. The molecule has 9 nitrogen and oxygen atoms in total. The molecule has 4 aromatic carbocycles. The lowest BCUT2D eigenvalue weighted by Crippen LogP contribution is -2.55. The van der Waals surface area contributed by atoms with Crippen molar-refractivity contribution in [3.05, 3.63) is 136 Å². The monoisotopic (exact) mass is 625 g/mol. The van der Waals surface area contributed by atoms with Gasteiger partial charge in [-0.05, 0) is 71.5 Å². The minimum atomic E-state index is -1.16. The number of carbonyl (C=O) groups excluding carboxylic acids is 4. The molecule has 0 saturated carbocycles. The van der Waals surface area contributed by atoms with Gasteiger partial charge in [0.15, 0.2) is 0 Å². The second-order valence-electron chi connectivity index (χ2n) is 11.7. The van der Waals surface area contributed by atoms with Crippen LogP contribution in [-0.4, -0.2) is 36.8 Å². The van der Waals surface area contributed by atoms with E-state index < -0.39 is 40.7 Å². The van der Waals surface area contributed by atoms with E-state index in [0.717, 1.165) is 70.9 Å². The van der Waals surface area contributed by atoms with E-state index in [9.17, 15) is 28.8 Å². The minimum absolute atomic E-state index is 0.0218. The first kappa shape index (κ1) is 29.6. The van der Waals surface area contributed by atoms with E-state index >= 15 is 0 Å². The number of anilines is 3. The fourth-order valence-electron chi connectivity index (χ4n) is 6.89. The Kier molecular flexibility index (Phi) is 7.58. The number of benzene rings is 4. The van der Waals surface area contributed by atoms with E-state index in [0.29, 0.717) is 0 Å². The largest absolute Gasteiger partial charge is 0.371 e. The molecule has 10 heteroatoms. The number of halogens is 1. The first-order valence-electron chi connectivity index (χ1n) is 15.3. The van der Waals surface area contributed by atoms with Gasteiger partial charge in [-0.1, -0.05) is 60.7 Å². The number of hydrogen-bond donors (Lipinski definition) is 2. The molecule has 0 spiro atoms. The van der Waals surface area contributed by atoms with Crippen molar-refractivity contribution in [1.29, 1.82) is 5.26 Å². The third-order valence-electron chi connectivity index (χ3n) is 9.02. The van der Waals surface area contributed by atoms with Gasteiger partial charge in [0, 0.05) is 36.3 Å². The molecule has 5 amide bonds. The Labute approximate surface area is 269 Å². The van der Waals surface area contributed by atoms with Crippen molar-refractivity contribution in [2.45, 2.75) is 24.7 Å². The van der Waals surface area contributed by atoms with Crippen LogP contribution in [-0.2, 0) is 14.4 Å². The molecular formula is C37H28FN5O4. The Morgan fingerprint density at radius 3 is 1.91 bits per heavy atom. The van der Waals surface area contributed by atoms with E-state index in [2.05, 4.69) is 39.8 Å². The Morgan fingerprint density at radius 2 is 1.38 bits per heavy atom. The lowest BCUT2D eigenvalue weighted by molar-refractivity contribution is -0.123. The van der Waals surface area contributed by atoms with Crippen molar-refractivity contribution in [2.24, 2.45) is 0 Å². The van der Waals surface area contributed by atoms with Crippen molar-refractivity contribution in [3.63, 3.8) is 0 Å². The first-order valence-corrected chi connectivity index (χ1v) is 15.3. The molecule has 0 aromatic heterocycles. The summed E-state index contributed by atoms with van der Waals surface area (Å²) in [7, 11) is 0. The number of nitrogens with one attached hydrogen (secondary N) is 2. The Morgan fingerprint density at radius 1 is 0.830 bits per heavy atom. The number of barbiturate groups is 1. The van der Waals surface area contributed by atoms with Crippen molar-refractivity contribution < 1.29 is 23.6 Å². The van der Waals surface area contributed by atoms with E-state index in [1.54, 1.807) is 6.07 Å². The molecule has 2 atom stereocenters. The molecule has 0 unspecified atom stereocenters. The molecule has 4 aromatic rings. The van der Waals surface area contributed by atoms with Crippen LogP contribution in [0.3, 0.4) is 0 Å². The topological polar surface area (TPSA) is 123 Å². The van der Waals surface area contributed by atoms with Gasteiger partial charge in [0.1, 0.15) is 23.0 Å². The Balaban J connectivity index is 1.36. The Bertz CT molecular complexity index is 1930. The average molecular weight is 626 g/mol. The highest BCUT2D eigenvalue weighted by Gasteiger charge is 2.43. The van der Waals surface area contributed by atoms with E-state index in [1.807, 2.05) is 48.5 Å². The van der Waals surface area contributed by atoms with Gasteiger partial charge in [-0.15, -0.1) is 0 Å². The maximum Gasteiger partial charge on any atom is 0.335 e. The van der Waals surface area contributed by atoms with Gasteiger partial charge in [0.25, 0.3) is 17.7 Å². The number of rotatable bonds is 5. The highest BCUT2D eigenvalue weighted by Crippen LogP contribution is 2.50. The van der Waals surface area contributed by atoms with Crippen LogP contribution < -0.4 is 20.4 Å². The van der Waals surface area contributed by atoms with Crippen molar-refractivity contribution in [1.82, 2.24) is 5.32 Å². The molecule has 3 aliphatic rings. The highest BCUT2D eigenvalue weighted by atomic mass is 19.1. The first-order chi connectivity index (χ1) is 22.8. The molecule has 0 bridgehead atoms. The highest BCUT2D eigenvalue weighted by molar-refractivity contribution is 6.40. The van der Waals surface area contributed by atoms with E-state index in [1.165, 1.54) is 12.1 Å².